The van der Waals surface area contributed by atoms with Crippen molar-refractivity contribution in [1.82, 2.24) is 9.97 Å². The Morgan fingerprint density at radius 2 is 1.34 bits per heavy atom. The van der Waals surface area contributed by atoms with Gasteiger partial charge in [0.25, 0.3) is 0 Å². The van der Waals surface area contributed by atoms with Crippen LogP contribution in [-0.2, 0) is 32.9 Å². The number of hydrogen-bond acceptors (Lipinski definition) is 3. The maximum absolute atomic E-state index is 8.88. The molecule has 10 rings (SSSR count). The molecule has 0 spiro atoms. The van der Waals surface area contributed by atoms with Crippen LogP contribution in [0.25, 0.3) is 75.7 Å². The summed E-state index contributed by atoms with van der Waals surface area (Å²) >= 11 is -0.345. The Kier molecular flexibility index (Phi) is 9.49. The predicted molar refractivity (Wildman–Crippen MR) is 238 cm³/mol. The molecule has 3 aromatic heterocycles. The number of pyridine rings is 2. The molecule has 1 aliphatic rings. The molecule has 2 nitrogen and oxygen atoms in total. The van der Waals surface area contributed by atoms with Crippen LogP contribution < -0.4 is 4.40 Å². The summed E-state index contributed by atoms with van der Waals surface area (Å²) in [4.78, 5) is 9.38. The van der Waals surface area contributed by atoms with Crippen molar-refractivity contribution in [2.45, 2.75) is 42.9 Å². The normalized spacial score (nSPS) is 15.6. The van der Waals surface area contributed by atoms with Crippen LogP contribution in [0.1, 0.15) is 30.8 Å². The first kappa shape index (κ1) is 32.4. The van der Waals surface area contributed by atoms with Gasteiger partial charge in [0.05, 0.1) is 1.37 Å². The molecule has 5 heteroatoms. The van der Waals surface area contributed by atoms with E-state index < -0.39 is 26.0 Å². The number of nitrogens with zero attached hydrogens (tertiary/aromatic N) is 2. The average molecular weight is 985 g/mol. The van der Waals surface area contributed by atoms with Gasteiger partial charge in [-0.3, -0.25) is 0 Å². The second-order valence-corrected chi connectivity index (χ2v) is 26.5. The van der Waals surface area contributed by atoms with Crippen LogP contribution in [0.2, 0.25) is 17.3 Å². The number of benzene rings is 6. The number of aromatic nitrogens is 2. The van der Waals surface area contributed by atoms with Gasteiger partial charge in [-0.2, -0.15) is 11.3 Å². The van der Waals surface area contributed by atoms with E-state index in [-0.39, 0.29) is 32.9 Å². The van der Waals surface area contributed by atoms with E-state index in [1.165, 1.54) is 9.78 Å². The summed E-state index contributed by atoms with van der Waals surface area (Å²) in [5.74, 6) is 6.94. The Bertz CT molecular complexity index is 3040. The van der Waals surface area contributed by atoms with Gasteiger partial charge in [0.15, 0.2) is 0 Å². The fourth-order valence-corrected chi connectivity index (χ4v) is 10.6. The van der Waals surface area contributed by atoms with Crippen LogP contribution in [0, 0.1) is 12.1 Å². The summed E-state index contributed by atoms with van der Waals surface area (Å²) < 4.78 is 47.2. The van der Waals surface area contributed by atoms with E-state index in [0.29, 0.717) is 34.0 Å². The van der Waals surface area contributed by atoms with Crippen molar-refractivity contribution in [3.8, 4) is 44.8 Å². The molecular formula is C51H42GeIrN2S-2. The Balaban J connectivity index is 0.000000166. The monoisotopic (exact) mass is 986 g/mol. The van der Waals surface area contributed by atoms with Crippen molar-refractivity contribution in [2.24, 2.45) is 0 Å². The second-order valence-electron chi connectivity index (χ2n) is 14.8. The predicted octanol–water partition coefficient (Wildman–Crippen LogP) is 13.4. The van der Waals surface area contributed by atoms with E-state index >= 15 is 0 Å². The Labute approximate surface area is 357 Å². The van der Waals surface area contributed by atoms with Crippen LogP contribution in [0.5, 0.6) is 0 Å². The summed E-state index contributed by atoms with van der Waals surface area (Å²) in [6.07, 6.45) is 0.875. The molecule has 1 radical (unpaired) electrons. The zero-order valence-electron chi connectivity index (χ0n) is 36.4. The number of rotatable bonds is 5. The van der Waals surface area contributed by atoms with Gasteiger partial charge < -0.3 is 4.98 Å². The van der Waals surface area contributed by atoms with E-state index in [9.17, 15) is 0 Å². The van der Waals surface area contributed by atoms with Gasteiger partial charge in [0.2, 0.25) is 0 Å². The molecule has 0 bridgehead atoms. The fourth-order valence-electron chi connectivity index (χ4n) is 7.18. The van der Waals surface area contributed by atoms with E-state index in [0.717, 1.165) is 53.5 Å². The van der Waals surface area contributed by atoms with Gasteiger partial charge in [-0.15, -0.1) is 23.8 Å². The number of fused-ring (bicyclic) bond motifs is 5. The summed E-state index contributed by atoms with van der Waals surface area (Å²) in [5.41, 5.74) is 7.62. The van der Waals surface area contributed by atoms with Crippen molar-refractivity contribution in [1.29, 1.82) is 0 Å². The van der Waals surface area contributed by atoms with Crippen molar-refractivity contribution in [2.75, 3.05) is 0 Å². The van der Waals surface area contributed by atoms with Crippen LogP contribution in [0.3, 0.4) is 0 Å². The first-order valence-corrected chi connectivity index (χ1v) is 26.9. The number of hydrogen-bond donors (Lipinski definition) is 0. The minimum absolute atomic E-state index is 0. The Hall–Kier alpha value is -4.71. The van der Waals surface area contributed by atoms with Gasteiger partial charge in [0, 0.05) is 31.0 Å². The van der Waals surface area contributed by atoms with Crippen LogP contribution >= 0.6 is 11.3 Å². The Morgan fingerprint density at radius 3 is 2.07 bits per heavy atom. The largest absolute Gasteiger partial charge is 0.304 e. The van der Waals surface area contributed by atoms with E-state index in [1.54, 1.807) is 17.4 Å². The van der Waals surface area contributed by atoms with Crippen molar-refractivity contribution >= 4 is 59.9 Å². The van der Waals surface area contributed by atoms with Crippen LogP contribution in [0.15, 0.2) is 152 Å². The van der Waals surface area contributed by atoms with E-state index in [1.807, 2.05) is 85.2 Å². The van der Waals surface area contributed by atoms with Gasteiger partial charge in [-0.1, -0.05) is 78.2 Å². The summed E-state index contributed by atoms with van der Waals surface area (Å²) in [6, 6.07) is 51.6. The first-order valence-electron chi connectivity index (χ1n) is 21.2. The maximum atomic E-state index is 8.88. The van der Waals surface area contributed by atoms with Gasteiger partial charge in [-0.05, 0) is 43.7 Å². The second kappa shape index (κ2) is 16.4. The summed E-state index contributed by atoms with van der Waals surface area (Å²) in [7, 11) is 0. The maximum Gasteiger partial charge on any atom is 0.0644 e. The SMILES string of the molecule is [2H]C1([2H])CCC([2H])([2H])c2c(-c3ccccc3)c[c-]c(-c3cc[c]([Ge]([CH3])([CH3])[CH3])cn3)c21.[2H]c1c(-c2ccccc2)ccc2c1sc1c(-c3cc4ccccc4cn3)[c-]ccc12.[Ir]. The van der Waals surface area contributed by atoms with Crippen LogP contribution in [0.4, 0.5) is 0 Å². The molecule has 0 amide bonds. The molecule has 1 aliphatic carbocycles. The third kappa shape index (κ3) is 7.69. The molecule has 0 unspecified atom stereocenters. The average Bonchev–Trinajstić information content (AvgIpc) is 3.65. The fraction of sp³-hybridized carbons (Fsp3) is 0.137. The summed E-state index contributed by atoms with van der Waals surface area (Å²) in [6.45, 7) is 0. The molecule has 0 saturated heterocycles. The molecule has 6 aromatic carbocycles. The molecule has 277 valence electrons. The minimum Gasteiger partial charge on any atom is -0.304 e. The van der Waals surface area contributed by atoms with E-state index in [2.05, 4.69) is 89.0 Å². The molecule has 0 atom stereocenters. The van der Waals surface area contributed by atoms with Crippen molar-refractivity contribution < 1.29 is 27.0 Å². The van der Waals surface area contributed by atoms with Crippen LogP contribution in [-0.4, -0.2) is 23.2 Å². The molecule has 0 aliphatic heterocycles. The first-order chi connectivity index (χ1) is 28.8. The molecular weight excluding hydrogens is 937 g/mol. The topological polar surface area (TPSA) is 25.8 Å². The molecule has 9 aromatic rings. The Morgan fingerprint density at radius 1 is 0.643 bits per heavy atom. The third-order valence-electron chi connectivity index (χ3n) is 10.2. The molecule has 3 heterocycles. The zero-order valence-corrected chi connectivity index (χ0v) is 36.7. The molecule has 0 N–H and O–H groups in total. The molecule has 0 saturated carbocycles. The third-order valence-corrected chi connectivity index (χ3v) is 15.6. The van der Waals surface area contributed by atoms with E-state index in [4.69, 9.17) is 11.8 Å². The zero-order chi connectivity index (χ0) is 41.8. The standard InChI is InChI=1S/C27H16NS.C24H26GeN.Ir/c1-2-7-18(8-3-1)20-13-14-22-23-11-6-12-24(27(23)29-26(22)16-20)25-15-19-9-4-5-10-21(19)17-28-25;1-25(2,3)19-13-16-24(26-17-19)23-15-14-20(18-9-5-4-6-10-18)21-11-7-8-12-22(21)23;/h1-11,13-17H;4-6,9-10,13-14,16-17H,7-8,11-12H2,1-3H3;/q2*-1;/i16D;11D2,12D2;. The smallest absolute Gasteiger partial charge is 0.0644 e. The van der Waals surface area contributed by atoms with Gasteiger partial charge in [-0.25, -0.2) is 0 Å². The quantitative estimate of drug-likeness (QED) is 0.127. The minimum atomic E-state index is -2.01. The van der Waals surface area contributed by atoms with Gasteiger partial charge in [0.1, 0.15) is 0 Å². The summed E-state index contributed by atoms with van der Waals surface area (Å²) in [5, 5.41) is 4.58. The molecule has 0 fully saturated rings. The van der Waals surface area contributed by atoms with Crippen molar-refractivity contribution in [3.05, 3.63) is 175 Å². The van der Waals surface area contributed by atoms with Crippen molar-refractivity contribution in [3.63, 3.8) is 0 Å². The van der Waals surface area contributed by atoms with Gasteiger partial charge >= 0.3 is 165 Å². The molecule has 56 heavy (non-hydrogen) atoms. The number of thiophene rings is 1.